The maximum Gasteiger partial charge on any atom is 0.146 e. The van der Waals surface area contributed by atoms with Crippen LogP contribution in [0.1, 0.15) is 24.1 Å². The van der Waals surface area contributed by atoms with Crippen LogP contribution in [0.2, 0.25) is 0 Å². The fraction of sp³-hybridized carbons (Fsp3) is 0.625. The Morgan fingerprint density at radius 3 is 2.76 bits per heavy atom. The van der Waals surface area contributed by atoms with Gasteiger partial charge in [0.05, 0.1) is 17.8 Å². The summed E-state index contributed by atoms with van der Waals surface area (Å²) < 4.78 is 6.13. The summed E-state index contributed by atoms with van der Waals surface area (Å²) >= 11 is 0. The van der Waals surface area contributed by atoms with Crippen molar-refractivity contribution in [3.63, 3.8) is 0 Å². The van der Waals surface area contributed by atoms with E-state index in [-0.39, 0.29) is 5.60 Å². The number of likely N-dealkylation sites (tertiary alicyclic amines) is 1. The van der Waals surface area contributed by atoms with Crippen LogP contribution in [0.25, 0.3) is 0 Å². The van der Waals surface area contributed by atoms with Crippen LogP contribution in [-0.2, 0) is 4.74 Å². The first-order valence-corrected chi connectivity index (χ1v) is 7.57. The second-order valence-electron chi connectivity index (χ2n) is 6.19. The molecule has 3 heterocycles. The number of nitriles is 1. The molecule has 5 heteroatoms. The summed E-state index contributed by atoms with van der Waals surface area (Å²) in [6, 6.07) is 6.03. The van der Waals surface area contributed by atoms with Crippen LogP contribution < -0.4 is 4.90 Å². The Balaban J connectivity index is 1.84. The number of rotatable bonds is 1. The number of pyridine rings is 1. The molecule has 0 aliphatic carbocycles. The first kappa shape index (κ1) is 14.3. The van der Waals surface area contributed by atoms with Gasteiger partial charge < -0.3 is 14.5 Å². The summed E-state index contributed by atoms with van der Waals surface area (Å²) in [6.07, 6.45) is 2.10. The van der Waals surface area contributed by atoms with Crippen LogP contribution in [0.5, 0.6) is 0 Å². The van der Waals surface area contributed by atoms with E-state index >= 15 is 0 Å². The Labute approximate surface area is 126 Å². The lowest BCUT2D eigenvalue weighted by atomic mass is 9.89. The molecule has 112 valence electrons. The largest absolute Gasteiger partial charge is 0.371 e. The van der Waals surface area contributed by atoms with Gasteiger partial charge in [-0.1, -0.05) is 0 Å². The van der Waals surface area contributed by atoms with E-state index in [1.54, 1.807) is 0 Å². The third-order valence-electron chi connectivity index (χ3n) is 4.58. The minimum atomic E-state index is -0.0666. The van der Waals surface area contributed by atoms with Gasteiger partial charge in [-0.15, -0.1) is 0 Å². The van der Waals surface area contributed by atoms with Crippen molar-refractivity contribution in [3.8, 4) is 6.07 Å². The van der Waals surface area contributed by atoms with Gasteiger partial charge in [0.2, 0.25) is 0 Å². The summed E-state index contributed by atoms with van der Waals surface area (Å²) in [7, 11) is 2.16. The smallest absolute Gasteiger partial charge is 0.146 e. The summed E-state index contributed by atoms with van der Waals surface area (Å²) in [5.74, 6) is 0.819. The van der Waals surface area contributed by atoms with E-state index in [4.69, 9.17) is 4.74 Å². The quantitative estimate of drug-likeness (QED) is 0.784. The van der Waals surface area contributed by atoms with Gasteiger partial charge in [0.1, 0.15) is 11.9 Å². The lowest BCUT2D eigenvalue weighted by Crippen LogP contribution is -2.56. The van der Waals surface area contributed by atoms with Gasteiger partial charge in [-0.3, -0.25) is 0 Å². The van der Waals surface area contributed by atoms with Crippen molar-refractivity contribution >= 4 is 5.82 Å². The molecule has 0 unspecified atom stereocenters. The number of nitrogens with zero attached hydrogens (tertiary/aromatic N) is 4. The Hall–Kier alpha value is -1.64. The highest BCUT2D eigenvalue weighted by atomic mass is 16.5. The minimum absolute atomic E-state index is 0.0666. The zero-order chi connectivity index (χ0) is 14.9. The predicted molar refractivity (Wildman–Crippen MR) is 81.3 cm³/mol. The van der Waals surface area contributed by atoms with Crippen molar-refractivity contribution in [2.45, 2.75) is 25.4 Å². The van der Waals surface area contributed by atoms with Gasteiger partial charge in [0, 0.05) is 31.9 Å². The summed E-state index contributed by atoms with van der Waals surface area (Å²) in [5, 5.41) is 9.32. The van der Waals surface area contributed by atoms with Gasteiger partial charge in [-0.25, -0.2) is 4.98 Å². The minimum Gasteiger partial charge on any atom is -0.371 e. The normalized spacial score (nSPS) is 22.2. The van der Waals surface area contributed by atoms with Crippen molar-refractivity contribution in [1.82, 2.24) is 9.88 Å². The standard InChI is InChI=1S/C16H22N4O/c1-13-3-4-14(11-17)15(18-13)20-9-10-21-16(12-20)5-7-19(2)8-6-16/h3-4H,5-10,12H2,1-2H3. The molecule has 0 saturated carbocycles. The fourth-order valence-corrected chi connectivity index (χ4v) is 3.23. The summed E-state index contributed by atoms with van der Waals surface area (Å²) in [5.41, 5.74) is 1.54. The molecule has 0 N–H and O–H groups in total. The number of morpholine rings is 1. The fourth-order valence-electron chi connectivity index (χ4n) is 3.23. The van der Waals surface area contributed by atoms with Crippen molar-refractivity contribution in [3.05, 3.63) is 23.4 Å². The van der Waals surface area contributed by atoms with Crippen molar-refractivity contribution in [1.29, 1.82) is 5.26 Å². The van der Waals surface area contributed by atoms with E-state index in [0.29, 0.717) is 12.2 Å². The topological polar surface area (TPSA) is 52.4 Å². The molecule has 0 bridgehead atoms. The van der Waals surface area contributed by atoms with Crippen LogP contribution in [0.4, 0.5) is 5.82 Å². The van der Waals surface area contributed by atoms with Gasteiger partial charge in [-0.2, -0.15) is 5.26 Å². The highest BCUT2D eigenvalue weighted by Gasteiger charge is 2.39. The number of aromatic nitrogens is 1. The van der Waals surface area contributed by atoms with Crippen molar-refractivity contribution < 1.29 is 4.74 Å². The molecule has 0 aromatic carbocycles. The molecule has 1 spiro atoms. The molecule has 21 heavy (non-hydrogen) atoms. The number of aryl methyl sites for hydroxylation is 1. The van der Waals surface area contributed by atoms with E-state index in [1.807, 2.05) is 19.1 Å². The molecule has 0 atom stereocenters. The lowest BCUT2D eigenvalue weighted by molar-refractivity contribution is -0.0884. The van der Waals surface area contributed by atoms with Crippen LogP contribution in [0, 0.1) is 18.3 Å². The second kappa shape index (κ2) is 5.63. The molecule has 2 aliphatic heterocycles. The predicted octanol–water partition coefficient (Wildman–Crippen LogP) is 1.56. The zero-order valence-corrected chi connectivity index (χ0v) is 12.8. The number of ether oxygens (including phenoxy) is 1. The Morgan fingerprint density at radius 2 is 2.05 bits per heavy atom. The maximum atomic E-state index is 9.32. The van der Waals surface area contributed by atoms with Crippen LogP contribution in [-0.4, -0.2) is 55.3 Å². The van der Waals surface area contributed by atoms with E-state index in [9.17, 15) is 5.26 Å². The number of hydrogen-bond donors (Lipinski definition) is 0. The molecule has 5 nitrogen and oxygen atoms in total. The SMILES string of the molecule is Cc1ccc(C#N)c(N2CCOC3(CCN(C)CC3)C2)n1. The molecular formula is C16H22N4O. The average Bonchev–Trinajstić information content (AvgIpc) is 2.51. The summed E-state index contributed by atoms with van der Waals surface area (Å²) in [4.78, 5) is 9.18. The van der Waals surface area contributed by atoms with Gasteiger partial charge in [0.25, 0.3) is 0 Å². The Bertz CT molecular complexity index is 558. The molecule has 2 aliphatic rings. The van der Waals surface area contributed by atoms with Crippen LogP contribution in [0.15, 0.2) is 12.1 Å². The maximum absolute atomic E-state index is 9.32. The Kier molecular flexibility index (Phi) is 3.83. The van der Waals surface area contributed by atoms with Gasteiger partial charge in [0.15, 0.2) is 0 Å². The van der Waals surface area contributed by atoms with E-state index in [1.165, 1.54) is 0 Å². The Morgan fingerprint density at radius 1 is 1.29 bits per heavy atom. The molecule has 3 rings (SSSR count). The van der Waals surface area contributed by atoms with Crippen LogP contribution >= 0.6 is 0 Å². The zero-order valence-electron chi connectivity index (χ0n) is 12.8. The molecule has 2 fully saturated rings. The molecular weight excluding hydrogens is 264 g/mol. The first-order valence-electron chi connectivity index (χ1n) is 7.57. The monoisotopic (exact) mass is 286 g/mol. The third kappa shape index (κ3) is 2.87. The molecule has 2 saturated heterocycles. The molecule has 0 radical (unpaired) electrons. The highest BCUT2D eigenvalue weighted by molar-refractivity contribution is 5.54. The third-order valence-corrected chi connectivity index (χ3v) is 4.58. The van der Waals surface area contributed by atoms with Crippen LogP contribution in [0.3, 0.4) is 0 Å². The average molecular weight is 286 g/mol. The van der Waals surface area contributed by atoms with Crippen molar-refractivity contribution in [2.75, 3.05) is 44.7 Å². The highest BCUT2D eigenvalue weighted by Crippen LogP contribution is 2.32. The van der Waals surface area contributed by atoms with Gasteiger partial charge >= 0.3 is 0 Å². The van der Waals surface area contributed by atoms with E-state index in [2.05, 4.69) is 27.9 Å². The number of piperidine rings is 1. The van der Waals surface area contributed by atoms with Crippen molar-refractivity contribution in [2.24, 2.45) is 0 Å². The van der Waals surface area contributed by atoms with Gasteiger partial charge in [-0.05, 0) is 38.9 Å². The lowest BCUT2D eigenvalue weighted by Gasteiger charge is -2.47. The molecule has 1 aromatic heterocycles. The number of anilines is 1. The van der Waals surface area contributed by atoms with E-state index < -0.39 is 0 Å². The molecule has 1 aromatic rings. The second-order valence-corrected chi connectivity index (χ2v) is 6.19. The summed E-state index contributed by atoms with van der Waals surface area (Å²) in [6.45, 7) is 6.47. The molecule has 0 amide bonds. The van der Waals surface area contributed by atoms with E-state index in [0.717, 1.165) is 50.5 Å². The first-order chi connectivity index (χ1) is 10.1. The number of hydrogen-bond acceptors (Lipinski definition) is 5.